The lowest BCUT2D eigenvalue weighted by atomic mass is 10.2. The molecule has 1 aliphatic rings. The van der Waals surface area contributed by atoms with Gasteiger partial charge in [-0.25, -0.2) is 4.98 Å². The van der Waals surface area contributed by atoms with Gasteiger partial charge in [-0.3, -0.25) is 0 Å². The fraction of sp³-hybridized carbons (Fsp3) is 0.545. The van der Waals surface area contributed by atoms with E-state index in [1.54, 1.807) is 0 Å². The third-order valence-electron chi connectivity index (χ3n) is 3.18. The van der Waals surface area contributed by atoms with E-state index in [4.69, 9.17) is 10.3 Å². The number of aromatic nitrogens is 3. The molecule has 2 aromatic rings. The summed E-state index contributed by atoms with van der Waals surface area (Å²) in [5.41, 5.74) is 7.35. The van der Waals surface area contributed by atoms with Crippen molar-refractivity contribution in [2.75, 3.05) is 11.9 Å². The average molecular weight is 233 g/mol. The SMILES string of the molecule is Cc1noc2ncnc(NCC(N)C3CC3)c12. The molecule has 2 aromatic heterocycles. The zero-order valence-electron chi connectivity index (χ0n) is 9.68. The van der Waals surface area contributed by atoms with Crippen molar-refractivity contribution in [3.8, 4) is 0 Å². The van der Waals surface area contributed by atoms with Crippen LogP contribution in [0.15, 0.2) is 10.9 Å². The van der Waals surface area contributed by atoms with E-state index in [0.29, 0.717) is 11.6 Å². The van der Waals surface area contributed by atoms with Crippen LogP contribution in [0.4, 0.5) is 5.82 Å². The van der Waals surface area contributed by atoms with Crippen molar-refractivity contribution < 1.29 is 4.52 Å². The fourth-order valence-corrected chi connectivity index (χ4v) is 1.96. The Morgan fingerprint density at radius 2 is 2.35 bits per heavy atom. The van der Waals surface area contributed by atoms with Crippen molar-refractivity contribution in [1.29, 1.82) is 0 Å². The molecule has 2 heterocycles. The summed E-state index contributed by atoms with van der Waals surface area (Å²) in [6.45, 7) is 2.60. The Balaban J connectivity index is 1.81. The van der Waals surface area contributed by atoms with Gasteiger partial charge >= 0.3 is 0 Å². The number of hydrogen-bond acceptors (Lipinski definition) is 6. The molecular formula is C11H15N5O. The number of nitrogens with two attached hydrogens (primary N) is 1. The van der Waals surface area contributed by atoms with E-state index in [2.05, 4.69) is 20.4 Å². The van der Waals surface area contributed by atoms with Crippen molar-refractivity contribution in [2.45, 2.75) is 25.8 Å². The molecule has 17 heavy (non-hydrogen) atoms. The van der Waals surface area contributed by atoms with Crippen LogP contribution in [0, 0.1) is 12.8 Å². The van der Waals surface area contributed by atoms with E-state index in [1.807, 2.05) is 6.92 Å². The van der Waals surface area contributed by atoms with Gasteiger partial charge in [0.25, 0.3) is 5.71 Å². The first-order chi connectivity index (χ1) is 8.25. The zero-order valence-corrected chi connectivity index (χ0v) is 9.68. The molecule has 6 nitrogen and oxygen atoms in total. The highest BCUT2D eigenvalue weighted by Crippen LogP contribution is 2.31. The molecule has 6 heteroatoms. The molecule has 0 spiro atoms. The largest absolute Gasteiger partial charge is 0.368 e. The van der Waals surface area contributed by atoms with Gasteiger partial charge in [0.1, 0.15) is 17.5 Å². The smallest absolute Gasteiger partial charge is 0.263 e. The van der Waals surface area contributed by atoms with Crippen molar-refractivity contribution >= 4 is 16.9 Å². The first kappa shape index (κ1) is 10.5. The summed E-state index contributed by atoms with van der Waals surface area (Å²) in [4.78, 5) is 8.24. The molecule has 1 fully saturated rings. The molecule has 3 rings (SSSR count). The Hall–Kier alpha value is -1.69. The van der Waals surface area contributed by atoms with E-state index in [0.717, 1.165) is 23.4 Å². The summed E-state index contributed by atoms with van der Waals surface area (Å²) < 4.78 is 5.08. The van der Waals surface area contributed by atoms with Gasteiger partial charge in [0.05, 0.1) is 5.69 Å². The highest BCUT2D eigenvalue weighted by Gasteiger charge is 2.28. The third-order valence-corrected chi connectivity index (χ3v) is 3.18. The molecule has 0 bridgehead atoms. The summed E-state index contributed by atoms with van der Waals surface area (Å²) in [5.74, 6) is 1.42. The summed E-state index contributed by atoms with van der Waals surface area (Å²) in [7, 11) is 0. The average Bonchev–Trinajstić information content (AvgIpc) is 3.12. The van der Waals surface area contributed by atoms with Crippen LogP contribution < -0.4 is 11.1 Å². The van der Waals surface area contributed by atoms with Crippen molar-refractivity contribution in [3.63, 3.8) is 0 Å². The van der Waals surface area contributed by atoms with Gasteiger partial charge in [-0.05, 0) is 25.7 Å². The Labute approximate surface area is 98.6 Å². The molecule has 0 amide bonds. The summed E-state index contributed by atoms with van der Waals surface area (Å²) in [6.07, 6.45) is 3.96. The van der Waals surface area contributed by atoms with Crippen molar-refractivity contribution in [1.82, 2.24) is 15.1 Å². The number of nitrogens with zero attached hydrogens (tertiary/aromatic N) is 3. The summed E-state index contributed by atoms with van der Waals surface area (Å²) >= 11 is 0. The Kier molecular flexibility index (Phi) is 2.44. The van der Waals surface area contributed by atoms with Crippen molar-refractivity contribution in [2.24, 2.45) is 11.7 Å². The van der Waals surface area contributed by atoms with E-state index in [1.165, 1.54) is 19.2 Å². The number of anilines is 1. The van der Waals surface area contributed by atoms with Crippen LogP contribution in [0.5, 0.6) is 0 Å². The van der Waals surface area contributed by atoms with Gasteiger partial charge < -0.3 is 15.6 Å². The van der Waals surface area contributed by atoms with Gasteiger partial charge in [-0.1, -0.05) is 5.16 Å². The van der Waals surface area contributed by atoms with Gasteiger partial charge in [-0.15, -0.1) is 0 Å². The number of hydrogen-bond donors (Lipinski definition) is 2. The summed E-state index contributed by atoms with van der Waals surface area (Å²) in [5, 5.41) is 7.98. The molecule has 1 unspecified atom stereocenters. The Morgan fingerprint density at radius 3 is 3.12 bits per heavy atom. The zero-order chi connectivity index (χ0) is 11.8. The van der Waals surface area contributed by atoms with Gasteiger partial charge in [0.15, 0.2) is 0 Å². The van der Waals surface area contributed by atoms with Crippen LogP contribution in [0.1, 0.15) is 18.5 Å². The lowest BCUT2D eigenvalue weighted by Gasteiger charge is -2.12. The standard InChI is InChI=1S/C11H15N5O/c1-6-9-10(13-4-8(12)7-2-3-7)14-5-15-11(9)17-16-6/h5,7-8H,2-4,12H2,1H3,(H,13,14,15). The predicted molar refractivity (Wildman–Crippen MR) is 63.5 cm³/mol. The first-order valence-electron chi connectivity index (χ1n) is 5.82. The second-order valence-electron chi connectivity index (χ2n) is 4.55. The fourth-order valence-electron chi connectivity index (χ4n) is 1.96. The molecule has 1 atom stereocenters. The second-order valence-corrected chi connectivity index (χ2v) is 4.55. The van der Waals surface area contributed by atoms with Gasteiger partial charge in [0, 0.05) is 12.6 Å². The second kappa shape index (κ2) is 3.96. The minimum Gasteiger partial charge on any atom is -0.368 e. The van der Waals surface area contributed by atoms with E-state index >= 15 is 0 Å². The minimum atomic E-state index is 0.195. The van der Waals surface area contributed by atoms with Crippen LogP contribution in [-0.4, -0.2) is 27.7 Å². The number of nitrogens with one attached hydrogen (secondary N) is 1. The van der Waals surface area contributed by atoms with E-state index in [9.17, 15) is 0 Å². The highest BCUT2D eigenvalue weighted by atomic mass is 16.5. The Bertz CT molecular complexity index is 534. The molecular weight excluding hydrogens is 218 g/mol. The Morgan fingerprint density at radius 1 is 1.53 bits per heavy atom. The molecule has 1 saturated carbocycles. The lowest BCUT2D eigenvalue weighted by Crippen LogP contribution is -2.31. The van der Waals surface area contributed by atoms with E-state index < -0.39 is 0 Å². The molecule has 0 radical (unpaired) electrons. The molecule has 0 aliphatic heterocycles. The minimum absolute atomic E-state index is 0.195. The maximum atomic E-state index is 6.04. The monoisotopic (exact) mass is 233 g/mol. The van der Waals surface area contributed by atoms with Crippen LogP contribution in [0.25, 0.3) is 11.1 Å². The number of aryl methyl sites for hydroxylation is 1. The predicted octanol–water partition coefficient (Wildman–Crippen LogP) is 1.08. The number of rotatable bonds is 4. The number of fused-ring (bicyclic) bond motifs is 1. The third kappa shape index (κ3) is 1.95. The molecule has 1 aliphatic carbocycles. The summed E-state index contributed by atoms with van der Waals surface area (Å²) in [6, 6.07) is 0.195. The van der Waals surface area contributed by atoms with Crippen molar-refractivity contribution in [3.05, 3.63) is 12.0 Å². The molecule has 3 N–H and O–H groups in total. The van der Waals surface area contributed by atoms with Crippen LogP contribution in [0.2, 0.25) is 0 Å². The lowest BCUT2D eigenvalue weighted by molar-refractivity contribution is 0.442. The van der Waals surface area contributed by atoms with Crippen LogP contribution in [-0.2, 0) is 0 Å². The van der Waals surface area contributed by atoms with E-state index in [-0.39, 0.29) is 6.04 Å². The van der Waals surface area contributed by atoms with Gasteiger partial charge in [-0.2, -0.15) is 4.98 Å². The first-order valence-corrected chi connectivity index (χ1v) is 5.82. The molecule has 0 aromatic carbocycles. The normalized spacial score (nSPS) is 17.3. The highest BCUT2D eigenvalue weighted by molar-refractivity contribution is 5.87. The van der Waals surface area contributed by atoms with Gasteiger partial charge in [0.2, 0.25) is 0 Å². The maximum absolute atomic E-state index is 6.04. The molecule has 90 valence electrons. The molecule has 0 saturated heterocycles. The van der Waals surface area contributed by atoms with Crippen LogP contribution >= 0.6 is 0 Å². The topological polar surface area (TPSA) is 89.9 Å². The maximum Gasteiger partial charge on any atom is 0.263 e. The quantitative estimate of drug-likeness (QED) is 0.821. The van der Waals surface area contributed by atoms with Crippen LogP contribution in [0.3, 0.4) is 0 Å².